The summed E-state index contributed by atoms with van der Waals surface area (Å²) in [5.74, 6) is 0. The molecule has 2 atom stereocenters. The fourth-order valence-corrected chi connectivity index (χ4v) is 3.43. The summed E-state index contributed by atoms with van der Waals surface area (Å²) in [5, 5.41) is 8.85. The summed E-state index contributed by atoms with van der Waals surface area (Å²) in [6, 6.07) is 10.1. The van der Waals surface area contributed by atoms with Gasteiger partial charge in [-0.1, -0.05) is 19.1 Å². The molecule has 3 rings (SSSR count). The zero-order chi connectivity index (χ0) is 14.7. The van der Waals surface area contributed by atoms with Gasteiger partial charge in [-0.3, -0.25) is 9.80 Å². The maximum atomic E-state index is 8.85. The Labute approximate surface area is 126 Å². The quantitative estimate of drug-likeness (QED) is 0.846. The van der Waals surface area contributed by atoms with Gasteiger partial charge in [0.1, 0.15) is 0 Å². The summed E-state index contributed by atoms with van der Waals surface area (Å²) >= 11 is 0. The van der Waals surface area contributed by atoms with Crippen molar-refractivity contribution in [1.29, 1.82) is 5.26 Å². The summed E-state index contributed by atoms with van der Waals surface area (Å²) in [7, 11) is 0. The van der Waals surface area contributed by atoms with Gasteiger partial charge in [0.15, 0.2) is 0 Å². The SMILES string of the molecule is CCCN1CC2CN(Cc3ccc(C#N)cc3)CC(C1)O2. The van der Waals surface area contributed by atoms with Crippen LogP contribution in [0.5, 0.6) is 0 Å². The Morgan fingerprint density at radius 2 is 1.71 bits per heavy atom. The molecule has 4 heteroatoms. The van der Waals surface area contributed by atoms with E-state index < -0.39 is 0 Å². The van der Waals surface area contributed by atoms with E-state index in [0.717, 1.165) is 38.3 Å². The first kappa shape index (κ1) is 14.5. The zero-order valence-corrected chi connectivity index (χ0v) is 12.7. The van der Waals surface area contributed by atoms with E-state index in [9.17, 15) is 0 Å². The number of benzene rings is 1. The minimum absolute atomic E-state index is 0.349. The molecular weight excluding hydrogens is 262 g/mol. The molecule has 2 bridgehead atoms. The van der Waals surface area contributed by atoms with Crippen LogP contribution < -0.4 is 0 Å². The van der Waals surface area contributed by atoms with E-state index in [0.29, 0.717) is 12.2 Å². The van der Waals surface area contributed by atoms with Crippen molar-refractivity contribution in [2.45, 2.75) is 32.1 Å². The maximum absolute atomic E-state index is 8.85. The highest BCUT2D eigenvalue weighted by Crippen LogP contribution is 2.21. The van der Waals surface area contributed by atoms with E-state index in [4.69, 9.17) is 10.00 Å². The molecule has 2 unspecified atom stereocenters. The Morgan fingerprint density at radius 3 is 2.29 bits per heavy atom. The predicted octanol–water partition coefficient (Wildman–Crippen LogP) is 1.85. The summed E-state index contributed by atoms with van der Waals surface area (Å²) in [5.41, 5.74) is 2.01. The lowest BCUT2D eigenvalue weighted by molar-refractivity contribution is -0.140. The molecule has 2 fully saturated rings. The van der Waals surface area contributed by atoms with Crippen LogP contribution in [0, 0.1) is 11.3 Å². The van der Waals surface area contributed by atoms with E-state index in [2.05, 4.69) is 34.9 Å². The van der Waals surface area contributed by atoms with Crippen LogP contribution in [0.25, 0.3) is 0 Å². The van der Waals surface area contributed by atoms with Gasteiger partial charge in [-0.15, -0.1) is 0 Å². The first-order valence-electron chi connectivity index (χ1n) is 7.86. The van der Waals surface area contributed by atoms with Crippen LogP contribution in [-0.4, -0.2) is 54.7 Å². The second-order valence-electron chi connectivity index (χ2n) is 6.14. The fourth-order valence-electron chi connectivity index (χ4n) is 3.43. The van der Waals surface area contributed by atoms with Crippen LogP contribution in [0.2, 0.25) is 0 Å². The highest BCUT2D eigenvalue weighted by atomic mass is 16.5. The van der Waals surface area contributed by atoms with Crippen LogP contribution in [0.1, 0.15) is 24.5 Å². The smallest absolute Gasteiger partial charge is 0.0991 e. The van der Waals surface area contributed by atoms with E-state index >= 15 is 0 Å². The Bertz CT molecular complexity index is 494. The van der Waals surface area contributed by atoms with Crippen molar-refractivity contribution in [3.05, 3.63) is 35.4 Å². The van der Waals surface area contributed by atoms with Crippen molar-refractivity contribution in [3.63, 3.8) is 0 Å². The molecule has 2 heterocycles. The summed E-state index contributed by atoms with van der Waals surface area (Å²) < 4.78 is 6.08. The largest absolute Gasteiger partial charge is 0.370 e. The highest BCUT2D eigenvalue weighted by molar-refractivity contribution is 5.31. The van der Waals surface area contributed by atoms with Crippen LogP contribution in [0.15, 0.2) is 24.3 Å². The number of hydrogen-bond donors (Lipinski definition) is 0. The molecule has 0 spiro atoms. The maximum Gasteiger partial charge on any atom is 0.0991 e. The molecule has 1 aromatic carbocycles. The lowest BCUT2D eigenvalue weighted by atomic mass is 10.1. The Hall–Kier alpha value is -1.41. The van der Waals surface area contributed by atoms with Crippen molar-refractivity contribution in [2.75, 3.05) is 32.7 Å². The molecule has 0 N–H and O–H groups in total. The summed E-state index contributed by atoms with van der Waals surface area (Å²) in [4.78, 5) is 5.03. The molecular formula is C17H23N3O. The van der Waals surface area contributed by atoms with Crippen LogP contribution in [0.4, 0.5) is 0 Å². The highest BCUT2D eigenvalue weighted by Gasteiger charge is 2.34. The van der Waals surface area contributed by atoms with E-state index in [1.165, 1.54) is 18.5 Å². The first-order chi connectivity index (χ1) is 10.3. The summed E-state index contributed by atoms with van der Waals surface area (Å²) in [6.45, 7) is 8.53. The average Bonchev–Trinajstić information content (AvgIpc) is 2.47. The minimum Gasteiger partial charge on any atom is -0.370 e. The number of morpholine rings is 2. The predicted molar refractivity (Wildman–Crippen MR) is 81.8 cm³/mol. The minimum atomic E-state index is 0.349. The number of rotatable bonds is 4. The molecule has 0 aliphatic carbocycles. The molecule has 1 aromatic rings. The normalized spacial score (nSPS) is 26.5. The fraction of sp³-hybridized carbons (Fsp3) is 0.588. The van der Waals surface area contributed by atoms with Gasteiger partial charge in [0.2, 0.25) is 0 Å². The molecule has 0 saturated carbocycles. The lowest BCUT2D eigenvalue weighted by Gasteiger charge is -2.45. The molecule has 4 nitrogen and oxygen atoms in total. The Morgan fingerprint density at radius 1 is 1.10 bits per heavy atom. The van der Waals surface area contributed by atoms with E-state index in [1.807, 2.05) is 12.1 Å². The van der Waals surface area contributed by atoms with Crippen molar-refractivity contribution in [1.82, 2.24) is 9.80 Å². The molecule has 112 valence electrons. The molecule has 2 aliphatic rings. The Kier molecular flexibility index (Phi) is 4.54. The second kappa shape index (κ2) is 6.57. The molecule has 2 saturated heterocycles. The van der Waals surface area contributed by atoms with Gasteiger partial charge >= 0.3 is 0 Å². The van der Waals surface area contributed by atoms with E-state index in [1.54, 1.807) is 0 Å². The molecule has 21 heavy (non-hydrogen) atoms. The van der Waals surface area contributed by atoms with E-state index in [-0.39, 0.29) is 0 Å². The van der Waals surface area contributed by atoms with Gasteiger partial charge in [-0.05, 0) is 30.7 Å². The topological polar surface area (TPSA) is 39.5 Å². The van der Waals surface area contributed by atoms with Gasteiger partial charge in [-0.2, -0.15) is 5.26 Å². The standard InChI is InChI=1S/C17H23N3O/c1-2-7-19-10-16-12-20(13-17(11-19)21-16)9-15-5-3-14(8-18)4-6-15/h3-6,16-17H,2,7,9-13H2,1H3. The molecule has 0 aromatic heterocycles. The third kappa shape index (κ3) is 3.62. The van der Waals surface area contributed by atoms with Crippen LogP contribution in [0.3, 0.4) is 0 Å². The van der Waals surface area contributed by atoms with Gasteiger partial charge in [-0.25, -0.2) is 0 Å². The monoisotopic (exact) mass is 285 g/mol. The molecule has 0 radical (unpaired) electrons. The second-order valence-corrected chi connectivity index (χ2v) is 6.14. The van der Waals surface area contributed by atoms with Gasteiger partial charge in [0, 0.05) is 32.7 Å². The van der Waals surface area contributed by atoms with Crippen molar-refractivity contribution in [3.8, 4) is 6.07 Å². The average molecular weight is 285 g/mol. The Balaban J connectivity index is 1.58. The van der Waals surface area contributed by atoms with Crippen LogP contribution in [-0.2, 0) is 11.3 Å². The third-order valence-corrected chi connectivity index (χ3v) is 4.26. The number of ether oxygens (including phenoxy) is 1. The van der Waals surface area contributed by atoms with Gasteiger partial charge in [0.25, 0.3) is 0 Å². The van der Waals surface area contributed by atoms with Crippen LogP contribution >= 0.6 is 0 Å². The number of nitriles is 1. The van der Waals surface area contributed by atoms with Gasteiger partial charge < -0.3 is 4.74 Å². The number of fused-ring (bicyclic) bond motifs is 2. The van der Waals surface area contributed by atoms with Crippen molar-refractivity contribution in [2.24, 2.45) is 0 Å². The third-order valence-electron chi connectivity index (χ3n) is 4.26. The number of nitrogens with zero attached hydrogens (tertiary/aromatic N) is 3. The van der Waals surface area contributed by atoms with Gasteiger partial charge in [0.05, 0.1) is 23.8 Å². The zero-order valence-electron chi connectivity index (χ0n) is 12.7. The molecule has 2 aliphatic heterocycles. The van der Waals surface area contributed by atoms with Crippen molar-refractivity contribution >= 4 is 0 Å². The first-order valence-corrected chi connectivity index (χ1v) is 7.86. The number of hydrogen-bond acceptors (Lipinski definition) is 4. The van der Waals surface area contributed by atoms with Crippen molar-refractivity contribution < 1.29 is 4.74 Å². The lowest BCUT2D eigenvalue weighted by Crippen LogP contribution is -2.59. The summed E-state index contributed by atoms with van der Waals surface area (Å²) in [6.07, 6.45) is 1.92. The molecule has 0 amide bonds.